The molecule has 0 saturated carbocycles. The molecule has 0 aromatic carbocycles. The number of nitrogens with one attached hydrogen (secondary N) is 1. The van der Waals surface area contributed by atoms with Gasteiger partial charge in [0.1, 0.15) is 5.69 Å². The molecule has 3 aromatic rings. The van der Waals surface area contributed by atoms with Crippen molar-refractivity contribution in [2.75, 3.05) is 39.4 Å². The third-order valence-corrected chi connectivity index (χ3v) is 4.68. The van der Waals surface area contributed by atoms with Crippen LogP contribution in [0.5, 0.6) is 0 Å². The number of pyridine rings is 1. The summed E-state index contributed by atoms with van der Waals surface area (Å²) in [4.78, 5) is 19.6. The Morgan fingerprint density at radius 3 is 2.96 bits per heavy atom. The van der Waals surface area contributed by atoms with Gasteiger partial charge in [0.15, 0.2) is 5.76 Å². The fourth-order valence-corrected chi connectivity index (χ4v) is 3.25. The lowest BCUT2D eigenvalue weighted by molar-refractivity contribution is 0.0374. The number of morpholine rings is 1. The Morgan fingerprint density at radius 2 is 2.19 bits per heavy atom. The highest BCUT2D eigenvalue weighted by Gasteiger charge is 2.20. The Hall–Kier alpha value is -2.71. The van der Waals surface area contributed by atoms with Crippen molar-refractivity contribution >= 4 is 17.0 Å². The number of ether oxygens (including phenoxy) is 1. The molecular formula is C19H22N4O4. The van der Waals surface area contributed by atoms with Crippen LogP contribution in [0.3, 0.4) is 0 Å². The molecule has 8 heteroatoms. The van der Waals surface area contributed by atoms with Gasteiger partial charge in [-0.2, -0.15) is 0 Å². The second-order valence-electron chi connectivity index (χ2n) is 6.54. The van der Waals surface area contributed by atoms with Crippen molar-refractivity contribution in [3.05, 3.63) is 35.7 Å². The standard InChI is InChI=1S/C19H22N4O4/c1-13-17-14(18(24)20-5-3-6-23-7-10-25-11-8-23)12-15(16-4-2-9-26-16)21-19(17)27-22-13/h2,4,9,12H,3,5-8,10-11H2,1H3,(H,20,24). The number of rotatable bonds is 6. The zero-order valence-electron chi connectivity index (χ0n) is 15.2. The molecule has 1 aliphatic rings. The molecule has 0 spiro atoms. The molecule has 27 heavy (non-hydrogen) atoms. The van der Waals surface area contributed by atoms with Gasteiger partial charge in [-0.3, -0.25) is 9.69 Å². The Labute approximate surface area is 156 Å². The van der Waals surface area contributed by atoms with Crippen LogP contribution in [0.1, 0.15) is 22.5 Å². The van der Waals surface area contributed by atoms with Crippen molar-refractivity contribution in [3.63, 3.8) is 0 Å². The molecule has 0 aliphatic carbocycles. The Kier molecular flexibility index (Phi) is 5.17. The number of amides is 1. The molecule has 1 amide bonds. The van der Waals surface area contributed by atoms with Gasteiger partial charge in [0, 0.05) is 19.6 Å². The number of carbonyl (C=O) groups is 1. The number of hydrogen-bond donors (Lipinski definition) is 1. The molecule has 3 aromatic heterocycles. The van der Waals surface area contributed by atoms with Crippen LogP contribution in [-0.2, 0) is 4.74 Å². The number of hydrogen-bond acceptors (Lipinski definition) is 7. The van der Waals surface area contributed by atoms with Crippen LogP contribution >= 0.6 is 0 Å². The quantitative estimate of drug-likeness (QED) is 0.665. The molecule has 4 rings (SSSR count). The van der Waals surface area contributed by atoms with Crippen LogP contribution in [-0.4, -0.2) is 60.3 Å². The van der Waals surface area contributed by atoms with E-state index in [4.69, 9.17) is 13.7 Å². The summed E-state index contributed by atoms with van der Waals surface area (Å²) in [5, 5.41) is 7.58. The van der Waals surface area contributed by atoms with Gasteiger partial charge in [0.2, 0.25) is 0 Å². The summed E-state index contributed by atoms with van der Waals surface area (Å²) in [6.07, 6.45) is 2.45. The lowest BCUT2D eigenvalue weighted by atomic mass is 10.1. The van der Waals surface area contributed by atoms with Crippen LogP contribution in [0.15, 0.2) is 33.4 Å². The number of aryl methyl sites for hydroxylation is 1. The molecule has 0 unspecified atom stereocenters. The van der Waals surface area contributed by atoms with Gasteiger partial charge in [-0.05, 0) is 38.1 Å². The van der Waals surface area contributed by atoms with E-state index in [0.29, 0.717) is 40.4 Å². The van der Waals surface area contributed by atoms with Crippen molar-refractivity contribution in [3.8, 4) is 11.5 Å². The van der Waals surface area contributed by atoms with Gasteiger partial charge in [-0.25, -0.2) is 4.98 Å². The van der Waals surface area contributed by atoms with Crippen molar-refractivity contribution in [2.45, 2.75) is 13.3 Å². The van der Waals surface area contributed by atoms with E-state index in [1.54, 1.807) is 31.4 Å². The molecule has 1 aliphatic heterocycles. The van der Waals surface area contributed by atoms with Crippen molar-refractivity contribution in [2.24, 2.45) is 0 Å². The number of aromatic nitrogens is 2. The lowest BCUT2D eigenvalue weighted by Crippen LogP contribution is -2.38. The summed E-state index contributed by atoms with van der Waals surface area (Å²) in [5.74, 6) is 0.413. The third kappa shape index (κ3) is 3.86. The van der Waals surface area contributed by atoms with Gasteiger partial charge >= 0.3 is 0 Å². The van der Waals surface area contributed by atoms with E-state index >= 15 is 0 Å². The smallest absolute Gasteiger partial charge is 0.259 e. The molecular weight excluding hydrogens is 348 g/mol. The number of nitrogens with zero attached hydrogens (tertiary/aromatic N) is 3. The largest absolute Gasteiger partial charge is 0.463 e. The maximum absolute atomic E-state index is 12.8. The molecule has 0 atom stereocenters. The van der Waals surface area contributed by atoms with Crippen LogP contribution in [0.25, 0.3) is 22.6 Å². The second-order valence-corrected chi connectivity index (χ2v) is 6.54. The molecule has 142 valence electrons. The fourth-order valence-electron chi connectivity index (χ4n) is 3.25. The average molecular weight is 370 g/mol. The second kappa shape index (κ2) is 7.89. The number of fused-ring (bicyclic) bond motifs is 1. The number of carbonyl (C=O) groups excluding carboxylic acids is 1. The summed E-state index contributed by atoms with van der Waals surface area (Å²) in [7, 11) is 0. The van der Waals surface area contributed by atoms with E-state index in [0.717, 1.165) is 39.3 Å². The van der Waals surface area contributed by atoms with E-state index in [1.807, 2.05) is 0 Å². The van der Waals surface area contributed by atoms with Gasteiger partial charge < -0.3 is 19.0 Å². The van der Waals surface area contributed by atoms with Crippen molar-refractivity contribution in [1.82, 2.24) is 20.4 Å². The molecule has 1 fully saturated rings. The zero-order chi connectivity index (χ0) is 18.6. The van der Waals surface area contributed by atoms with Crippen LogP contribution in [0, 0.1) is 6.92 Å². The Morgan fingerprint density at radius 1 is 1.33 bits per heavy atom. The van der Waals surface area contributed by atoms with Gasteiger partial charge in [-0.15, -0.1) is 0 Å². The predicted octanol–water partition coefficient (Wildman–Crippen LogP) is 2.24. The zero-order valence-corrected chi connectivity index (χ0v) is 15.2. The maximum atomic E-state index is 12.8. The normalized spacial score (nSPS) is 15.3. The van der Waals surface area contributed by atoms with E-state index in [-0.39, 0.29) is 5.91 Å². The number of furan rings is 1. The molecule has 8 nitrogen and oxygen atoms in total. The summed E-state index contributed by atoms with van der Waals surface area (Å²) in [6, 6.07) is 5.29. The summed E-state index contributed by atoms with van der Waals surface area (Å²) < 4.78 is 16.0. The minimum atomic E-state index is -0.163. The van der Waals surface area contributed by atoms with E-state index in [2.05, 4.69) is 20.4 Å². The highest BCUT2D eigenvalue weighted by molar-refractivity contribution is 6.06. The first-order valence-corrected chi connectivity index (χ1v) is 9.11. The monoisotopic (exact) mass is 370 g/mol. The lowest BCUT2D eigenvalue weighted by Gasteiger charge is -2.26. The van der Waals surface area contributed by atoms with Crippen LogP contribution in [0.4, 0.5) is 0 Å². The van der Waals surface area contributed by atoms with Gasteiger partial charge in [0.05, 0.1) is 36.1 Å². The van der Waals surface area contributed by atoms with Crippen molar-refractivity contribution in [1.29, 1.82) is 0 Å². The summed E-state index contributed by atoms with van der Waals surface area (Å²) in [5.41, 5.74) is 2.01. The van der Waals surface area contributed by atoms with Gasteiger partial charge in [-0.1, -0.05) is 5.16 Å². The third-order valence-electron chi connectivity index (χ3n) is 4.68. The topological polar surface area (TPSA) is 93.6 Å². The van der Waals surface area contributed by atoms with E-state index in [1.165, 1.54) is 0 Å². The first kappa shape index (κ1) is 17.7. The SMILES string of the molecule is Cc1noc2nc(-c3ccco3)cc(C(=O)NCCCN3CCOCC3)c12. The summed E-state index contributed by atoms with van der Waals surface area (Å²) in [6.45, 7) is 6.80. The molecule has 0 radical (unpaired) electrons. The van der Waals surface area contributed by atoms with E-state index < -0.39 is 0 Å². The van der Waals surface area contributed by atoms with E-state index in [9.17, 15) is 4.79 Å². The molecule has 1 N–H and O–H groups in total. The Bertz CT molecular complexity index is 913. The maximum Gasteiger partial charge on any atom is 0.259 e. The molecule has 1 saturated heterocycles. The Balaban J connectivity index is 1.47. The van der Waals surface area contributed by atoms with Crippen molar-refractivity contribution < 1.29 is 18.5 Å². The summed E-state index contributed by atoms with van der Waals surface area (Å²) >= 11 is 0. The minimum Gasteiger partial charge on any atom is -0.463 e. The first-order valence-electron chi connectivity index (χ1n) is 9.11. The average Bonchev–Trinajstić information content (AvgIpc) is 3.36. The molecule has 4 heterocycles. The first-order chi connectivity index (χ1) is 13.2. The highest BCUT2D eigenvalue weighted by Crippen LogP contribution is 2.27. The fraction of sp³-hybridized carbons (Fsp3) is 0.421. The molecule has 0 bridgehead atoms. The van der Waals surface area contributed by atoms with Crippen LogP contribution < -0.4 is 5.32 Å². The minimum absolute atomic E-state index is 0.163. The van der Waals surface area contributed by atoms with Crippen LogP contribution in [0.2, 0.25) is 0 Å². The predicted molar refractivity (Wildman–Crippen MR) is 98.5 cm³/mol. The highest BCUT2D eigenvalue weighted by atomic mass is 16.5. The van der Waals surface area contributed by atoms with Gasteiger partial charge in [0.25, 0.3) is 11.6 Å².